The van der Waals surface area contributed by atoms with Gasteiger partial charge in [-0.2, -0.15) is 0 Å². The number of carbonyl (C=O) groups excluding carboxylic acids is 3. The molecule has 1 heterocycles. The predicted molar refractivity (Wildman–Crippen MR) is 111 cm³/mol. The number of nitrogens with zero attached hydrogens (tertiary/aromatic N) is 1. The molecule has 0 radical (unpaired) electrons. The average molecular weight is 408 g/mol. The number of carboxylic acid groups (broad SMARTS) is 1. The summed E-state index contributed by atoms with van der Waals surface area (Å²) in [5.41, 5.74) is 3.95. The van der Waals surface area contributed by atoms with Crippen molar-refractivity contribution in [3.05, 3.63) is 101 Å². The number of imide groups is 1. The summed E-state index contributed by atoms with van der Waals surface area (Å²) in [6, 6.07) is 22.0. The van der Waals surface area contributed by atoms with Crippen LogP contribution in [0, 0.1) is 11.8 Å². The zero-order valence-electron chi connectivity index (χ0n) is 16.7. The van der Waals surface area contributed by atoms with Gasteiger partial charge in [0, 0.05) is 11.3 Å². The van der Waals surface area contributed by atoms with E-state index in [1.807, 2.05) is 24.3 Å². The molecule has 2 atom stereocenters. The Morgan fingerprint density at radius 2 is 1.48 bits per heavy atom. The summed E-state index contributed by atoms with van der Waals surface area (Å²) in [7, 11) is 0. The van der Waals surface area contributed by atoms with Crippen molar-refractivity contribution in [3.8, 4) is 0 Å². The van der Waals surface area contributed by atoms with Crippen LogP contribution in [0.1, 0.15) is 45.5 Å². The maximum Gasteiger partial charge on any atom is 0.238 e. The van der Waals surface area contributed by atoms with Crippen LogP contribution in [-0.4, -0.2) is 17.8 Å². The van der Waals surface area contributed by atoms with E-state index < -0.39 is 23.2 Å². The molecule has 4 aliphatic rings. The molecule has 7 rings (SSSR count). The zero-order valence-corrected chi connectivity index (χ0v) is 16.7. The van der Waals surface area contributed by atoms with Gasteiger partial charge in [-0.3, -0.25) is 9.59 Å². The molecule has 152 valence electrons. The molecular formula is C26H18NO4-. The Morgan fingerprint density at radius 1 is 0.871 bits per heavy atom. The second-order valence-electron chi connectivity index (χ2n) is 8.71. The summed E-state index contributed by atoms with van der Waals surface area (Å²) in [5, 5.41) is 11.3. The Morgan fingerprint density at radius 3 is 2.10 bits per heavy atom. The lowest BCUT2D eigenvalue weighted by Crippen LogP contribution is -2.51. The Bertz CT molecular complexity index is 1260. The van der Waals surface area contributed by atoms with Crippen molar-refractivity contribution in [1.29, 1.82) is 0 Å². The molecule has 1 aliphatic heterocycles. The lowest BCUT2D eigenvalue weighted by molar-refractivity contribution is -0.255. The van der Waals surface area contributed by atoms with Crippen molar-refractivity contribution in [2.45, 2.75) is 18.3 Å². The highest BCUT2D eigenvalue weighted by atomic mass is 16.4. The first-order valence-electron chi connectivity index (χ1n) is 10.3. The molecule has 3 aromatic rings. The molecule has 0 spiro atoms. The number of anilines is 1. The quantitative estimate of drug-likeness (QED) is 0.611. The first-order valence-corrected chi connectivity index (χ1v) is 10.3. The summed E-state index contributed by atoms with van der Waals surface area (Å²) in [6.45, 7) is 2.06. The van der Waals surface area contributed by atoms with Gasteiger partial charge in [0.1, 0.15) is 0 Å². The minimum absolute atomic E-state index is 0.0614. The summed E-state index contributed by atoms with van der Waals surface area (Å²) in [5.74, 6) is -3.15. The number of benzene rings is 3. The largest absolute Gasteiger partial charge is 0.545 e. The summed E-state index contributed by atoms with van der Waals surface area (Å²) in [4.78, 5) is 40.0. The minimum atomic E-state index is -1.34. The van der Waals surface area contributed by atoms with Crippen LogP contribution in [0.25, 0.3) is 0 Å². The van der Waals surface area contributed by atoms with E-state index in [0.29, 0.717) is 0 Å². The van der Waals surface area contributed by atoms with Crippen LogP contribution in [0.3, 0.4) is 0 Å². The Kier molecular flexibility index (Phi) is 3.45. The zero-order chi connectivity index (χ0) is 21.5. The molecule has 3 aliphatic carbocycles. The Balaban J connectivity index is 1.58. The SMILES string of the molecule is CC12c3ccccc3C(c3ccccc31)[C@@H]1C(=O)N(c3cccc(C(=O)[O-])c3)C(=O)[C@@H]12. The fraction of sp³-hybridized carbons (Fsp3) is 0.192. The maximum absolute atomic E-state index is 13.8. The summed E-state index contributed by atoms with van der Waals surface area (Å²) >= 11 is 0. The normalized spacial score (nSPS) is 27.6. The number of carbonyl (C=O) groups is 3. The monoisotopic (exact) mass is 408 g/mol. The highest BCUT2D eigenvalue weighted by Crippen LogP contribution is 2.64. The van der Waals surface area contributed by atoms with Crippen LogP contribution < -0.4 is 10.0 Å². The van der Waals surface area contributed by atoms with Gasteiger partial charge in [0.2, 0.25) is 11.8 Å². The van der Waals surface area contributed by atoms with Crippen molar-refractivity contribution >= 4 is 23.5 Å². The fourth-order valence-electron chi connectivity index (χ4n) is 6.18. The number of amides is 2. The molecule has 3 aromatic carbocycles. The maximum atomic E-state index is 13.8. The van der Waals surface area contributed by atoms with E-state index >= 15 is 0 Å². The molecule has 5 heteroatoms. The lowest BCUT2D eigenvalue weighted by Gasteiger charge is -2.52. The van der Waals surface area contributed by atoms with Gasteiger partial charge in [0.15, 0.2) is 0 Å². The molecule has 0 N–H and O–H groups in total. The van der Waals surface area contributed by atoms with Crippen LogP contribution in [0.4, 0.5) is 5.69 Å². The lowest BCUT2D eigenvalue weighted by atomic mass is 9.48. The summed E-state index contributed by atoms with van der Waals surface area (Å²) in [6.07, 6.45) is 0. The smallest absolute Gasteiger partial charge is 0.238 e. The average Bonchev–Trinajstić information content (AvgIpc) is 3.06. The van der Waals surface area contributed by atoms with Crippen molar-refractivity contribution in [3.63, 3.8) is 0 Å². The third-order valence-electron chi connectivity index (χ3n) is 7.38. The van der Waals surface area contributed by atoms with E-state index in [-0.39, 0.29) is 29.0 Å². The van der Waals surface area contributed by atoms with E-state index in [1.165, 1.54) is 23.1 Å². The second kappa shape index (κ2) is 5.91. The van der Waals surface area contributed by atoms with E-state index in [2.05, 4.69) is 31.2 Å². The molecule has 2 bridgehead atoms. The van der Waals surface area contributed by atoms with Gasteiger partial charge < -0.3 is 9.90 Å². The van der Waals surface area contributed by atoms with Gasteiger partial charge in [-0.15, -0.1) is 0 Å². The topological polar surface area (TPSA) is 77.5 Å². The first-order chi connectivity index (χ1) is 14.9. The predicted octanol–water partition coefficient (Wildman–Crippen LogP) is 2.62. The van der Waals surface area contributed by atoms with Crippen molar-refractivity contribution in [2.75, 3.05) is 4.90 Å². The van der Waals surface area contributed by atoms with E-state index in [9.17, 15) is 19.5 Å². The number of aromatic carboxylic acids is 1. The molecule has 5 nitrogen and oxygen atoms in total. The van der Waals surface area contributed by atoms with Gasteiger partial charge >= 0.3 is 0 Å². The Labute approximate surface area is 178 Å². The van der Waals surface area contributed by atoms with Crippen molar-refractivity contribution in [2.24, 2.45) is 11.8 Å². The van der Waals surface area contributed by atoms with Crippen LogP contribution in [0.5, 0.6) is 0 Å². The number of rotatable bonds is 2. The molecular weight excluding hydrogens is 390 g/mol. The highest BCUT2D eigenvalue weighted by Gasteiger charge is 2.66. The second-order valence-corrected chi connectivity index (χ2v) is 8.71. The fourth-order valence-corrected chi connectivity index (χ4v) is 6.18. The summed E-state index contributed by atoms with van der Waals surface area (Å²) < 4.78 is 0. The number of hydrogen-bond acceptors (Lipinski definition) is 4. The third-order valence-corrected chi connectivity index (χ3v) is 7.38. The standard InChI is InChI=1S/C26H19NO4/c1-26-18-11-4-2-9-16(18)20(17-10-3-5-12-19(17)26)21-22(26)24(29)27(23(21)28)15-8-6-7-14(13-15)25(30)31/h2-13,20-22H,1H3,(H,30,31)/p-1/t20?,21-,22+,26?/m0/s1. The Hall–Kier alpha value is -3.73. The molecule has 2 amide bonds. The molecule has 0 unspecified atom stereocenters. The number of carboxylic acids is 1. The van der Waals surface area contributed by atoms with E-state index in [1.54, 1.807) is 6.07 Å². The molecule has 0 aromatic heterocycles. The van der Waals surface area contributed by atoms with Gasteiger partial charge in [-0.05, 0) is 39.9 Å². The molecule has 0 saturated carbocycles. The molecule has 1 fully saturated rings. The highest BCUT2D eigenvalue weighted by molar-refractivity contribution is 6.24. The van der Waals surface area contributed by atoms with Crippen molar-refractivity contribution in [1.82, 2.24) is 0 Å². The van der Waals surface area contributed by atoms with Crippen LogP contribution >= 0.6 is 0 Å². The first kappa shape index (κ1) is 18.1. The van der Waals surface area contributed by atoms with Gasteiger partial charge in [0.05, 0.1) is 23.5 Å². The third kappa shape index (κ3) is 2.08. The van der Waals surface area contributed by atoms with Crippen LogP contribution in [0.15, 0.2) is 72.8 Å². The van der Waals surface area contributed by atoms with Gasteiger partial charge in [-0.1, -0.05) is 67.6 Å². The van der Waals surface area contributed by atoms with Gasteiger partial charge in [0.25, 0.3) is 0 Å². The van der Waals surface area contributed by atoms with E-state index in [4.69, 9.17) is 0 Å². The van der Waals surface area contributed by atoms with Crippen LogP contribution in [-0.2, 0) is 15.0 Å². The van der Waals surface area contributed by atoms with E-state index in [0.717, 1.165) is 22.3 Å². The molecule has 31 heavy (non-hydrogen) atoms. The molecule has 1 saturated heterocycles. The minimum Gasteiger partial charge on any atom is -0.545 e. The number of hydrogen-bond donors (Lipinski definition) is 0. The van der Waals surface area contributed by atoms with Gasteiger partial charge in [-0.25, -0.2) is 4.90 Å². The van der Waals surface area contributed by atoms with Crippen molar-refractivity contribution < 1.29 is 19.5 Å². The van der Waals surface area contributed by atoms with Crippen LogP contribution in [0.2, 0.25) is 0 Å².